The minimum absolute atomic E-state index is 0.436. The van der Waals surface area contributed by atoms with E-state index in [1.807, 2.05) is 6.26 Å². The van der Waals surface area contributed by atoms with Crippen LogP contribution in [0.2, 0.25) is 0 Å². The van der Waals surface area contributed by atoms with Gasteiger partial charge >= 0.3 is 0 Å². The molecule has 4 N–H and O–H groups in total. The fourth-order valence-corrected chi connectivity index (χ4v) is 1.70. The summed E-state index contributed by atoms with van der Waals surface area (Å²) in [5, 5.41) is 0.631. The molecular weight excluding hydrogens is 222 g/mol. The highest BCUT2D eigenvalue weighted by molar-refractivity contribution is 7.98. The normalized spacial score (nSPS) is 10.3. The lowest BCUT2D eigenvalue weighted by atomic mass is 10.1. The zero-order valence-corrected chi connectivity index (χ0v) is 9.53. The van der Waals surface area contributed by atoms with Crippen molar-refractivity contribution in [3.63, 3.8) is 0 Å². The topological polar surface area (TPSA) is 90.7 Å². The van der Waals surface area contributed by atoms with Crippen LogP contribution in [0, 0.1) is 0 Å². The smallest absolute Gasteiger partial charge is 0.189 e. The Hall–Kier alpha value is -1.82. The molecule has 0 aliphatic carbocycles. The van der Waals surface area contributed by atoms with Crippen molar-refractivity contribution in [3.8, 4) is 11.3 Å². The van der Waals surface area contributed by atoms with Crippen molar-refractivity contribution >= 4 is 23.3 Å². The van der Waals surface area contributed by atoms with E-state index in [9.17, 15) is 0 Å². The maximum Gasteiger partial charge on any atom is 0.189 e. The molecule has 2 aromatic heterocycles. The number of hydrogen-bond acceptors (Lipinski definition) is 6. The molecule has 0 amide bonds. The zero-order valence-electron chi connectivity index (χ0n) is 8.71. The summed E-state index contributed by atoms with van der Waals surface area (Å²) in [5.41, 5.74) is 13.6. The second-order valence-electron chi connectivity index (χ2n) is 3.13. The molecule has 2 rings (SSSR count). The molecule has 0 bridgehead atoms. The molecule has 0 saturated heterocycles. The molecule has 2 heterocycles. The molecule has 0 spiro atoms. The van der Waals surface area contributed by atoms with Crippen molar-refractivity contribution in [2.45, 2.75) is 5.16 Å². The van der Waals surface area contributed by atoms with Crippen molar-refractivity contribution in [2.75, 3.05) is 17.7 Å². The standard InChI is InChI=1S/C10H11N5S/c1-16-10-14-8(4-9(12)15-10)6-2-3-13-5-7(6)11/h2-5H,11H2,1H3,(H2,12,14,15). The van der Waals surface area contributed by atoms with Crippen LogP contribution in [0.25, 0.3) is 11.3 Å². The molecule has 0 fully saturated rings. The monoisotopic (exact) mass is 233 g/mol. The maximum absolute atomic E-state index is 5.82. The largest absolute Gasteiger partial charge is 0.397 e. The molecule has 6 heteroatoms. The highest BCUT2D eigenvalue weighted by Gasteiger charge is 2.07. The van der Waals surface area contributed by atoms with Crippen molar-refractivity contribution in [2.24, 2.45) is 0 Å². The summed E-state index contributed by atoms with van der Waals surface area (Å²) >= 11 is 1.44. The molecule has 82 valence electrons. The van der Waals surface area contributed by atoms with Crippen molar-refractivity contribution in [1.82, 2.24) is 15.0 Å². The van der Waals surface area contributed by atoms with Gasteiger partial charge in [-0.3, -0.25) is 4.98 Å². The Labute approximate surface area is 97.3 Å². The summed E-state index contributed by atoms with van der Waals surface area (Å²) in [6.07, 6.45) is 5.16. The minimum Gasteiger partial charge on any atom is -0.397 e. The van der Waals surface area contributed by atoms with Crippen LogP contribution in [0.5, 0.6) is 0 Å². The van der Waals surface area contributed by atoms with Gasteiger partial charge in [-0.1, -0.05) is 11.8 Å². The van der Waals surface area contributed by atoms with Crippen LogP contribution in [0.15, 0.2) is 29.7 Å². The number of nitrogens with zero attached hydrogens (tertiary/aromatic N) is 3. The van der Waals surface area contributed by atoms with Crippen LogP contribution in [0.1, 0.15) is 0 Å². The highest BCUT2D eigenvalue weighted by Crippen LogP contribution is 2.25. The van der Waals surface area contributed by atoms with E-state index in [2.05, 4.69) is 15.0 Å². The van der Waals surface area contributed by atoms with Crippen LogP contribution in [-0.2, 0) is 0 Å². The van der Waals surface area contributed by atoms with Gasteiger partial charge in [0.15, 0.2) is 5.16 Å². The summed E-state index contributed by atoms with van der Waals surface area (Å²) in [7, 11) is 0. The number of rotatable bonds is 2. The SMILES string of the molecule is CSc1nc(N)cc(-c2ccncc2N)n1. The van der Waals surface area contributed by atoms with Gasteiger partial charge in [0.1, 0.15) is 5.82 Å². The molecule has 0 saturated carbocycles. The minimum atomic E-state index is 0.436. The van der Waals surface area contributed by atoms with Gasteiger partial charge in [-0.15, -0.1) is 0 Å². The second kappa shape index (κ2) is 4.36. The third-order valence-corrected chi connectivity index (χ3v) is 2.58. The van der Waals surface area contributed by atoms with Crippen molar-refractivity contribution in [1.29, 1.82) is 0 Å². The summed E-state index contributed by atoms with van der Waals surface area (Å²) < 4.78 is 0. The molecular formula is C10H11N5S. The molecule has 0 aliphatic heterocycles. The predicted octanol–water partition coefficient (Wildman–Crippen LogP) is 1.42. The number of pyridine rings is 1. The van der Waals surface area contributed by atoms with Gasteiger partial charge in [0.2, 0.25) is 0 Å². The molecule has 5 nitrogen and oxygen atoms in total. The Kier molecular flexibility index (Phi) is 2.91. The summed E-state index contributed by atoms with van der Waals surface area (Å²) in [6.45, 7) is 0. The van der Waals surface area contributed by atoms with Gasteiger partial charge in [-0.25, -0.2) is 9.97 Å². The van der Waals surface area contributed by atoms with E-state index in [1.54, 1.807) is 24.5 Å². The Bertz CT molecular complexity index is 514. The molecule has 0 unspecified atom stereocenters. The Balaban J connectivity index is 2.56. The van der Waals surface area contributed by atoms with Gasteiger partial charge < -0.3 is 11.5 Å². The highest BCUT2D eigenvalue weighted by atomic mass is 32.2. The summed E-state index contributed by atoms with van der Waals surface area (Å²) in [5.74, 6) is 0.436. The maximum atomic E-state index is 5.82. The molecule has 0 aliphatic rings. The van der Waals surface area contributed by atoms with Crippen LogP contribution >= 0.6 is 11.8 Å². The Morgan fingerprint density at radius 1 is 1.25 bits per heavy atom. The third kappa shape index (κ3) is 2.06. The average Bonchev–Trinajstić information content (AvgIpc) is 2.28. The van der Waals surface area contributed by atoms with Gasteiger partial charge in [-0.05, 0) is 12.3 Å². The lowest BCUT2D eigenvalue weighted by Gasteiger charge is -2.06. The number of anilines is 2. The Morgan fingerprint density at radius 3 is 2.75 bits per heavy atom. The first-order chi connectivity index (χ1) is 7.70. The lowest BCUT2D eigenvalue weighted by Crippen LogP contribution is -1.98. The van der Waals surface area contributed by atoms with Crippen molar-refractivity contribution in [3.05, 3.63) is 24.5 Å². The number of nitrogens with two attached hydrogens (primary N) is 2. The number of thioether (sulfide) groups is 1. The molecule has 2 aromatic rings. The fourth-order valence-electron chi connectivity index (χ4n) is 1.31. The van der Waals surface area contributed by atoms with E-state index in [-0.39, 0.29) is 0 Å². The molecule has 0 radical (unpaired) electrons. The van der Waals surface area contributed by atoms with E-state index >= 15 is 0 Å². The van der Waals surface area contributed by atoms with Gasteiger partial charge in [0.05, 0.1) is 17.6 Å². The second-order valence-corrected chi connectivity index (χ2v) is 3.90. The van der Waals surface area contributed by atoms with Crippen LogP contribution < -0.4 is 11.5 Å². The predicted molar refractivity (Wildman–Crippen MR) is 65.9 cm³/mol. The first-order valence-electron chi connectivity index (χ1n) is 4.59. The molecule has 0 atom stereocenters. The number of hydrogen-bond donors (Lipinski definition) is 2. The zero-order chi connectivity index (χ0) is 11.5. The van der Waals surface area contributed by atoms with Crippen LogP contribution in [-0.4, -0.2) is 21.2 Å². The van der Waals surface area contributed by atoms with Crippen molar-refractivity contribution < 1.29 is 0 Å². The van der Waals surface area contributed by atoms with Gasteiger partial charge in [-0.2, -0.15) is 0 Å². The molecule has 0 aromatic carbocycles. The first-order valence-corrected chi connectivity index (χ1v) is 5.81. The fraction of sp³-hybridized carbons (Fsp3) is 0.100. The van der Waals surface area contributed by atoms with Crippen LogP contribution in [0.3, 0.4) is 0 Å². The first kappa shape index (κ1) is 10.7. The van der Waals surface area contributed by atoms with Gasteiger partial charge in [0, 0.05) is 17.8 Å². The van der Waals surface area contributed by atoms with Crippen LogP contribution in [0.4, 0.5) is 11.5 Å². The molecule has 16 heavy (non-hydrogen) atoms. The summed E-state index contributed by atoms with van der Waals surface area (Å²) in [6, 6.07) is 3.51. The summed E-state index contributed by atoms with van der Waals surface area (Å²) in [4.78, 5) is 12.4. The third-order valence-electron chi connectivity index (χ3n) is 2.04. The number of nitrogen functional groups attached to an aromatic ring is 2. The van der Waals surface area contributed by atoms with Gasteiger partial charge in [0.25, 0.3) is 0 Å². The quantitative estimate of drug-likeness (QED) is 0.602. The van der Waals surface area contributed by atoms with E-state index in [0.717, 1.165) is 11.3 Å². The van der Waals surface area contributed by atoms with E-state index in [4.69, 9.17) is 11.5 Å². The average molecular weight is 233 g/mol. The lowest BCUT2D eigenvalue weighted by molar-refractivity contribution is 0.985. The van der Waals surface area contributed by atoms with E-state index < -0.39 is 0 Å². The number of aromatic nitrogens is 3. The van der Waals surface area contributed by atoms with E-state index in [0.29, 0.717) is 16.7 Å². The van der Waals surface area contributed by atoms with E-state index in [1.165, 1.54) is 11.8 Å². The Morgan fingerprint density at radius 2 is 2.06 bits per heavy atom.